The van der Waals surface area contributed by atoms with Gasteiger partial charge in [0.2, 0.25) is 17.5 Å². The quantitative estimate of drug-likeness (QED) is 0.197. The van der Waals surface area contributed by atoms with Gasteiger partial charge in [0.05, 0.1) is 6.54 Å². The summed E-state index contributed by atoms with van der Waals surface area (Å²) >= 11 is 0. The van der Waals surface area contributed by atoms with Crippen LogP contribution < -0.4 is 32.3 Å². The molecule has 0 saturated carbocycles. The van der Waals surface area contributed by atoms with E-state index in [1.54, 1.807) is 0 Å². The minimum Gasteiger partial charge on any atom is -0.353 e. The second kappa shape index (κ2) is 10.5. The Kier molecular flexibility index (Phi) is 7.79. The average molecular weight is 419 g/mol. The van der Waals surface area contributed by atoms with E-state index in [1.165, 1.54) is 25.4 Å². The molecule has 1 aromatic heterocycles. The first-order valence-corrected chi connectivity index (χ1v) is 8.91. The molecule has 30 heavy (non-hydrogen) atoms. The van der Waals surface area contributed by atoms with Crippen molar-refractivity contribution in [2.24, 2.45) is 5.10 Å². The van der Waals surface area contributed by atoms with Crippen molar-refractivity contribution in [1.82, 2.24) is 25.9 Å². The molecular formula is C17H21N7O6. The highest BCUT2D eigenvalue weighted by Crippen LogP contribution is 2.05. The molecule has 13 heteroatoms. The van der Waals surface area contributed by atoms with Crippen molar-refractivity contribution in [2.45, 2.75) is 25.4 Å². The molecule has 2 rings (SSSR count). The van der Waals surface area contributed by atoms with Gasteiger partial charge in [-0.2, -0.15) is 5.10 Å². The zero-order valence-corrected chi connectivity index (χ0v) is 16.1. The van der Waals surface area contributed by atoms with Crippen molar-refractivity contribution in [3.63, 3.8) is 0 Å². The molecule has 1 aliphatic rings. The Balaban J connectivity index is 2.16. The van der Waals surface area contributed by atoms with Crippen LogP contribution in [0.1, 0.15) is 12.8 Å². The molecule has 5 N–H and O–H groups in total. The van der Waals surface area contributed by atoms with Crippen LogP contribution in [0.15, 0.2) is 28.2 Å². The maximum atomic E-state index is 12.7. The van der Waals surface area contributed by atoms with Crippen molar-refractivity contribution in [3.05, 3.63) is 28.7 Å². The third-order valence-corrected chi connectivity index (χ3v) is 4.05. The third-order valence-electron chi connectivity index (χ3n) is 4.05. The van der Waals surface area contributed by atoms with E-state index in [2.05, 4.69) is 31.8 Å². The largest absolute Gasteiger partial charge is 0.353 e. The standard InChI is InChI=1S/C17H21N7O6/c1-18-15(28)12(26)5-4-10(21-16(29)13-19-9-20-23-13)14(27)22-11-3-2-6-24(7-8-25)17(11)30/h2-3,6,8,10,20H,4-5,7,9H2,1H3,(H,18,28)(H,19,23)(H,21,29)(H,22,27). The molecule has 13 nitrogen and oxygen atoms in total. The normalized spacial score (nSPS) is 13.2. The van der Waals surface area contributed by atoms with E-state index < -0.39 is 35.1 Å². The summed E-state index contributed by atoms with van der Waals surface area (Å²) in [7, 11) is 1.29. The number of aldehydes is 1. The molecule has 1 aliphatic heterocycles. The van der Waals surface area contributed by atoms with Crippen LogP contribution in [0.25, 0.3) is 0 Å². The zero-order valence-electron chi connectivity index (χ0n) is 16.1. The Morgan fingerprint density at radius 2 is 2.10 bits per heavy atom. The van der Waals surface area contributed by atoms with E-state index in [-0.39, 0.29) is 37.6 Å². The number of aromatic nitrogens is 1. The van der Waals surface area contributed by atoms with Crippen LogP contribution >= 0.6 is 0 Å². The summed E-state index contributed by atoms with van der Waals surface area (Å²) in [6.07, 6.45) is 1.40. The number of anilines is 1. The number of rotatable bonds is 10. The van der Waals surface area contributed by atoms with E-state index in [0.29, 0.717) is 6.29 Å². The number of carbonyl (C=O) groups excluding carboxylic acids is 5. The van der Waals surface area contributed by atoms with Crippen LogP contribution in [0.3, 0.4) is 0 Å². The summed E-state index contributed by atoms with van der Waals surface area (Å²) < 4.78 is 1.09. The van der Waals surface area contributed by atoms with E-state index in [4.69, 9.17) is 0 Å². The summed E-state index contributed by atoms with van der Waals surface area (Å²) in [6, 6.07) is 1.56. The lowest BCUT2D eigenvalue weighted by atomic mass is 10.1. The topological polar surface area (TPSA) is 180 Å². The molecule has 0 bridgehead atoms. The molecule has 0 aliphatic carbocycles. The van der Waals surface area contributed by atoms with Gasteiger partial charge in [0, 0.05) is 19.7 Å². The fraction of sp³-hybridized carbons (Fsp3) is 0.353. The number of ketones is 1. The zero-order chi connectivity index (χ0) is 22.1. The number of carbonyl (C=O) groups is 5. The lowest BCUT2D eigenvalue weighted by Gasteiger charge is -2.18. The molecule has 2 heterocycles. The molecule has 3 amide bonds. The molecule has 160 valence electrons. The lowest BCUT2D eigenvalue weighted by molar-refractivity contribution is -0.137. The van der Waals surface area contributed by atoms with Gasteiger partial charge in [-0.15, -0.1) is 0 Å². The minimum absolute atomic E-state index is 0.0570. The van der Waals surface area contributed by atoms with Gasteiger partial charge in [0.15, 0.2) is 0 Å². The SMILES string of the molecule is CNC(=O)C(=O)CCC(NC(=O)C1=NNCN1)C(=O)Nc1cccn(CC=O)c1=O. The maximum Gasteiger partial charge on any atom is 0.289 e. The van der Waals surface area contributed by atoms with Gasteiger partial charge in [0.1, 0.15) is 24.7 Å². The second-order valence-corrected chi connectivity index (χ2v) is 6.07. The smallest absolute Gasteiger partial charge is 0.289 e. The van der Waals surface area contributed by atoms with Crippen LogP contribution in [0.5, 0.6) is 0 Å². The molecule has 0 spiro atoms. The van der Waals surface area contributed by atoms with E-state index >= 15 is 0 Å². The highest BCUT2D eigenvalue weighted by Gasteiger charge is 2.26. The Morgan fingerprint density at radius 1 is 1.33 bits per heavy atom. The molecule has 0 radical (unpaired) electrons. The van der Waals surface area contributed by atoms with Crippen molar-refractivity contribution >= 4 is 41.3 Å². The highest BCUT2D eigenvalue weighted by atomic mass is 16.2. The van der Waals surface area contributed by atoms with Crippen LogP contribution in [0.2, 0.25) is 0 Å². The molecule has 0 fully saturated rings. The van der Waals surface area contributed by atoms with Gasteiger partial charge >= 0.3 is 0 Å². The van der Waals surface area contributed by atoms with Gasteiger partial charge in [0.25, 0.3) is 17.4 Å². The van der Waals surface area contributed by atoms with Crippen molar-refractivity contribution in [3.8, 4) is 0 Å². The summed E-state index contributed by atoms with van der Waals surface area (Å²) in [5, 5.41) is 13.3. The summed E-state index contributed by atoms with van der Waals surface area (Å²) in [5.74, 6) is -3.14. The minimum atomic E-state index is -1.24. The monoisotopic (exact) mass is 419 g/mol. The average Bonchev–Trinajstić information content (AvgIpc) is 3.28. The Morgan fingerprint density at radius 3 is 2.73 bits per heavy atom. The number of hydrogen-bond acceptors (Lipinski definition) is 9. The predicted octanol–water partition coefficient (Wildman–Crippen LogP) is -2.97. The lowest BCUT2D eigenvalue weighted by Crippen LogP contribution is -2.49. The van der Waals surface area contributed by atoms with Gasteiger partial charge < -0.3 is 30.6 Å². The van der Waals surface area contributed by atoms with Crippen LogP contribution in [0.4, 0.5) is 5.69 Å². The fourth-order valence-electron chi connectivity index (χ4n) is 2.51. The van der Waals surface area contributed by atoms with Crippen LogP contribution in [-0.4, -0.2) is 60.0 Å². The van der Waals surface area contributed by atoms with Gasteiger partial charge in [-0.3, -0.25) is 29.4 Å². The van der Waals surface area contributed by atoms with E-state index in [0.717, 1.165) is 4.57 Å². The number of nitrogens with zero attached hydrogens (tertiary/aromatic N) is 2. The molecule has 0 aromatic carbocycles. The number of hydrazone groups is 1. The van der Waals surface area contributed by atoms with Crippen molar-refractivity contribution in [1.29, 1.82) is 0 Å². The number of hydrogen-bond donors (Lipinski definition) is 5. The first-order chi connectivity index (χ1) is 14.4. The first-order valence-electron chi connectivity index (χ1n) is 8.91. The van der Waals surface area contributed by atoms with Gasteiger partial charge in [-0.25, -0.2) is 0 Å². The maximum absolute atomic E-state index is 12.7. The summed E-state index contributed by atoms with van der Waals surface area (Å²) in [5.41, 5.74) is 1.80. The van der Waals surface area contributed by atoms with Gasteiger partial charge in [-0.1, -0.05) is 0 Å². The number of Topliss-reactive ketones (excluding diaryl/α,β-unsaturated/α-hetero) is 1. The van der Waals surface area contributed by atoms with Gasteiger partial charge in [-0.05, 0) is 18.6 Å². The van der Waals surface area contributed by atoms with E-state index in [9.17, 15) is 28.8 Å². The molecule has 1 unspecified atom stereocenters. The van der Waals surface area contributed by atoms with Crippen LogP contribution in [-0.2, 0) is 30.5 Å². The van der Waals surface area contributed by atoms with Crippen molar-refractivity contribution < 1.29 is 24.0 Å². The Bertz CT molecular complexity index is 939. The van der Waals surface area contributed by atoms with Crippen LogP contribution in [0, 0.1) is 0 Å². The molecule has 1 atom stereocenters. The molecule has 1 aromatic rings. The third kappa shape index (κ3) is 5.73. The Hall–Kier alpha value is -4.03. The Labute approximate surface area is 170 Å². The summed E-state index contributed by atoms with van der Waals surface area (Å²) in [4.78, 5) is 71.1. The predicted molar refractivity (Wildman–Crippen MR) is 104 cm³/mol. The number of amidine groups is 1. The number of pyridine rings is 1. The second-order valence-electron chi connectivity index (χ2n) is 6.07. The number of likely N-dealkylation sites (N-methyl/N-ethyl adjacent to an activating group) is 1. The first kappa shape index (κ1) is 22.3. The fourth-order valence-corrected chi connectivity index (χ4v) is 2.51. The molecule has 0 saturated heterocycles. The number of amides is 3. The van der Waals surface area contributed by atoms with Crippen molar-refractivity contribution in [2.75, 3.05) is 19.0 Å². The highest BCUT2D eigenvalue weighted by molar-refractivity contribution is 6.38. The summed E-state index contributed by atoms with van der Waals surface area (Å²) in [6.45, 7) is 0.0386. The molecular weight excluding hydrogens is 398 g/mol. The van der Waals surface area contributed by atoms with E-state index in [1.807, 2.05) is 0 Å². The number of nitrogens with one attached hydrogen (secondary N) is 5.